The van der Waals surface area contributed by atoms with E-state index in [1.54, 1.807) is 4.90 Å². The van der Waals surface area contributed by atoms with Crippen molar-refractivity contribution in [2.24, 2.45) is 0 Å². The van der Waals surface area contributed by atoms with E-state index in [9.17, 15) is 9.59 Å². The van der Waals surface area contributed by atoms with Crippen molar-refractivity contribution in [2.45, 2.75) is 45.4 Å². The Morgan fingerprint density at radius 2 is 2.17 bits per heavy atom. The number of esters is 1. The Bertz CT molecular complexity index is 323. The molecule has 4 heteroatoms. The van der Waals surface area contributed by atoms with E-state index in [0.717, 1.165) is 19.3 Å². The molecule has 1 rings (SSSR count). The molecule has 0 atom stereocenters. The van der Waals surface area contributed by atoms with Crippen molar-refractivity contribution in [2.75, 3.05) is 20.2 Å². The van der Waals surface area contributed by atoms with Crippen LogP contribution in [0.15, 0.2) is 11.6 Å². The van der Waals surface area contributed by atoms with Gasteiger partial charge in [0, 0.05) is 13.0 Å². The van der Waals surface area contributed by atoms with E-state index in [1.165, 1.54) is 25.5 Å². The maximum absolute atomic E-state index is 12.1. The Morgan fingerprint density at radius 1 is 1.39 bits per heavy atom. The van der Waals surface area contributed by atoms with Crippen LogP contribution in [0.3, 0.4) is 0 Å². The van der Waals surface area contributed by atoms with Gasteiger partial charge in [-0.2, -0.15) is 0 Å². The number of methoxy groups -OCH3 is 1. The topological polar surface area (TPSA) is 46.6 Å². The smallest absolute Gasteiger partial charge is 0.325 e. The van der Waals surface area contributed by atoms with Crippen molar-refractivity contribution in [3.8, 4) is 0 Å². The van der Waals surface area contributed by atoms with E-state index in [1.807, 2.05) is 6.92 Å². The summed E-state index contributed by atoms with van der Waals surface area (Å²) in [5, 5.41) is 0. The zero-order chi connectivity index (χ0) is 13.4. The normalized spacial score (nSPS) is 14.9. The molecule has 1 aliphatic carbocycles. The van der Waals surface area contributed by atoms with E-state index in [4.69, 9.17) is 0 Å². The van der Waals surface area contributed by atoms with Crippen LogP contribution in [0.4, 0.5) is 0 Å². The highest BCUT2D eigenvalue weighted by atomic mass is 16.5. The van der Waals surface area contributed by atoms with Gasteiger partial charge in [-0.25, -0.2) is 0 Å². The minimum Gasteiger partial charge on any atom is -0.468 e. The zero-order valence-electron chi connectivity index (χ0n) is 11.4. The van der Waals surface area contributed by atoms with Crippen LogP contribution >= 0.6 is 0 Å². The molecule has 0 aromatic heterocycles. The fourth-order valence-corrected chi connectivity index (χ4v) is 2.15. The monoisotopic (exact) mass is 253 g/mol. The van der Waals surface area contributed by atoms with Crippen molar-refractivity contribution in [1.29, 1.82) is 0 Å². The molecule has 0 radical (unpaired) electrons. The van der Waals surface area contributed by atoms with Crippen LogP contribution in [-0.4, -0.2) is 37.0 Å². The molecular weight excluding hydrogens is 230 g/mol. The van der Waals surface area contributed by atoms with E-state index >= 15 is 0 Å². The van der Waals surface area contributed by atoms with Crippen molar-refractivity contribution in [3.63, 3.8) is 0 Å². The summed E-state index contributed by atoms with van der Waals surface area (Å²) in [5.41, 5.74) is 1.22. The fraction of sp³-hybridized carbons (Fsp3) is 0.714. The second-order valence-corrected chi connectivity index (χ2v) is 4.68. The standard InChI is InChI=1S/C14H23NO3/c1-3-9-15(11-14(17)18-2)13(16)10-12-7-5-4-6-8-12/h7H,3-6,8-11H2,1-2H3. The van der Waals surface area contributed by atoms with Gasteiger partial charge >= 0.3 is 5.97 Å². The summed E-state index contributed by atoms with van der Waals surface area (Å²) in [4.78, 5) is 25.0. The number of carbonyl (C=O) groups is 2. The number of carbonyl (C=O) groups excluding carboxylic acids is 2. The van der Waals surface area contributed by atoms with E-state index in [0.29, 0.717) is 13.0 Å². The lowest BCUT2D eigenvalue weighted by Gasteiger charge is -2.22. The summed E-state index contributed by atoms with van der Waals surface area (Å²) in [5.74, 6) is -0.315. The lowest BCUT2D eigenvalue weighted by molar-refractivity contribution is -0.146. The Kier molecular flexibility index (Phi) is 6.47. The zero-order valence-corrected chi connectivity index (χ0v) is 11.4. The Hall–Kier alpha value is -1.32. The molecule has 0 bridgehead atoms. The SMILES string of the molecule is CCCN(CC(=O)OC)C(=O)CC1=CCCCC1. The number of ether oxygens (including phenoxy) is 1. The molecule has 0 spiro atoms. The molecule has 0 saturated heterocycles. The summed E-state index contributed by atoms with van der Waals surface area (Å²) < 4.78 is 4.62. The molecule has 1 amide bonds. The third-order valence-electron chi connectivity index (χ3n) is 3.16. The summed E-state index contributed by atoms with van der Waals surface area (Å²) in [6, 6.07) is 0. The van der Waals surface area contributed by atoms with Gasteiger partial charge in [0.15, 0.2) is 0 Å². The van der Waals surface area contributed by atoms with Crippen molar-refractivity contribution in [1.82, 2.24) is 4.90 Å². The largest absolute Gasteiger partial charge is 0.468 e. The highest BCUT2D eigenvalue weighted by Gasteiger charge is 2.18. The molecule has 102 valence electrons. The van der Waals surface area contributed by atoms with E-state index in [-0.39, 0.29) is 18.4 Å². The molecule has 0 unspecified atom stereocenters. The van der Waals surface area contributed by atoms with E-state index in [2.05, 4.69) is 10.8 Å². The highest BCUT2D eigenvalue weighted by Crippen LogP contribution is 2.20. The first-order chi connectivity index (χ1) is 8.67. The third-order valence-corrected chi connectivity index (χ3v) is 3.16. The van der Waals surface area contributed by atoms with Gasteiger partial charge in [-0.1, -0.05) is 18.6 Å². The maximum Gasteiger partial charge on any atom is 0.325 e. The number of rotatable bonds is 6. The molecular formula is C14H23NO3. The average molecular weight is 253 g/mol. The van der Waals surface area contributed by atoms with E-state index < -0.39 is 0 Å². The highest BCUT2D eigenvalue weighted by molar-refractivity contribution is 5.83. The van der Waals surface area contributed by atoms with Gasteiger partial charge in [0.2, 0.25) is 5.91 Å². The molecule has 0 fully saturated rings. The molecule has 4 nitrogen and oxygen atoms in total. The number of nitrogens with zero attached hydrogens (tertiary/aromatic N) is 1. The van der Waals surface area contributed by atoms with Gasteiger partial charge in [-0.15, -0.1) is 0 Å². The van der Waals surface area contributed by atoms with Crippen LogP contribution in [0.1, 0.15) is 45.4 Å². The van der Waals surface area contributed by atoms with Crippen LogP contribution in [0.25, 0.3) is 0 Å². The molecule has 0 aliphatic heterocycles. The molecule has 18 heavy (non-hydrogen) atoms. The lowest BCUT2D eigenvalue weighted by Crippen LogP contribution is -2.36. The van der Waals surface area contributed by atoms with Crippen molar-refractivity contribution < 1.29 is 14.3 Å². The van der Waals surface area contributed by atoms with Crippen LogP contribution in [0.2, 0.25) is 0 Å². The fourth-order valence-electron chi connectivity index (χ4n) is 2.15. The molecule has 0 saturated carbocycles. The first kappa shape index (κ1) is 14.7. The molecule has 0 aromatic carbocycles. The molecule has 0 N–H and O–H groups in total. The number of allylic oxidation sites excluding steroid dienone is 1. The van der Waals surface area contributed by atoms with Gasteiger partial charge in [-0.3, -0.25) is 9.59 Å². The van der Waals surface area contributed by atoms with Gasteiger partial charge in [0.25, 0.3) is 0 Å². The third kappa shape index (κ3) is 4.90. The number of amides is 1. The van der Waals surface area contributed by atoms with Gasteiger partial charge in [0.05, 0.1) is 7.11 Å². The summed E-state index contributed by atoms with van der Waals surface area (Å²) in [7, 11) is 1.35. The Morgan fingerprint density at radius 3 is 2.72 bits per heavy atom. The van der Waals surface area contributed by atoms with Crippen LogP contribution in [0.5, 0.6) is 0 Å². The van der Waals surface area contributed by atoms with Crippen molar-refractivity contribution in [3.05, 3.63) is 11.6 Å². The first-order valence-electron chi connectivity index (χ1n) is 6.69. The minimum absolute atomic E-state index is 0.0374. The minimum atomic E-state index is -0.352. The quantitative estimate of drug-likeness (QED) is 0.539. The van der Waals surface area contributed by atoms with Crippen LogP contribution in [0, 0.1) is 0 Å². The summed E-state index contributed by atoms with van der Waals surface area (Å²) in [6.45, 7) is 2.68. The average Bonchev–Trinajstić information content (AvgIpc) is 2.39. The van der Waals surface area contributed by atoms with Gasteiger partial charge in [0.1, 0.15) is 6.54 Å². The lowest BCUT2D eigenvalue weighted by atomic mass is 9.97. The van der Waals surface area contributed by atoms with Crippen LogP contribution < -0.4 is 0 Å². The maximum atomic E-state index is 12.1. The summed E-state index contributed by atoms with van der Waals surface area (Å²) >= 11 is 0. The predicted octanol–water partition coefficient (Wildman–Crippen LogP) is 2.29. The number of hydrogen-bond acceptors (Lipinski definition) is 3. The molecule has 0 aromatic rings. The number of hydrogen-bond donors (Lipinski definition) is 0. The second kappa shape index (κ2) is 7.90. The summed E-state index contributed by atoms with van der Waals surface area (Å²) in [6.07, 6.45) is 7.96. The van der Waals surface area contributed by atoms with Crippen molar-refractivity contribution >= 4 is 11.9 Å². The van der Waals surface area contributed by atoms with Gasteiger partial charge in [-0.05, 0) is 32.1 Å². The first-order valence-corrected chi connectivity index (χ1v) is 6.69. The van der Waals surface area contributed by atoms with Gasteiger partial charge < -0.3 is 9.64 Å². The molecule has 1 aliphatic rings. The second-order valence-electron chi connectivity index (χ2n) is 4.68. The van der Waals surface area contributed by atoms with Crippen LogP contribution in [-0.2, 0) is 14.3 Å². The predicted molar refractivity (Wildman–Crippen MR) is 70.1 cm³/mol. The Balaban J connectivity index is 2.52. The Labute approximate surface area is 109 Å². The molecule has 0 heterocycles.